The molecule has 0 unspecified atom stereocenters. The summed E-state index contributed by atoms with van der Waals surface area (Å²) in [5.74, 6) is 0.233. The van der Waals surface area contributed by atoms with Crippen LogP contribution >= 0.6 is 0 Å². The summed E-state index contributed by atoms with van der Waals surface area (Å²) in [7, 11) is 0. The Kier molecular flexibility index (Phi) is 8.16. The molecule has 0 bridgehead atoms. The summed E-state index contributed by atoms with van der Waals surface area (Å²) >= 11 is 0. The van der Waals surface area contributed by atoms with Crippen LogP contribution in [0.4, 0.5) is 17.1 Å². The van der Waals surface area contributed by atoms with Gasteiger partial charge in [-0.1, -0.05) is 200 Å². The van der Waals surface area contributed by atoms with Gasteiger partial charge in [-0.25, -0.2) is 0 Å². The van der Waals surface area contributed by atoms with Crippen LogP contribution in [0.25, 0.3) is 104 Å². The molecule has 0 amide bonds. The highest BCUT2D eigenvalue weighted by Gasteiger charge is 2.29. The first kappa shape index (κ1) is 38.2. The Morgan fingerprint density at radius 2 is 0.696 bits per heavy atom. The third-order valence-corrected chi connectivity index (χ3v) is 15.2. The number of nitrogens with zero attached hydrogens (tertiary/aromatic N) is 2. The number of anilines is 3. The van der Waals surface area contributed by atoms with Gasteiger partial charge in [0.25, 0.3) is 0 Å². The van der Waals surface area contributed by atoms with Crippen molar-refractivity contribution in [3.63, 3.8) is 0 Å². The zero-order valence-corrected chi connectivity index (χ0v) is 37.6. The molecule has 2 heterocycles. The quantitative estimate of drug-likeness (QED) is 0.151. The standard InChI is InChI=1S/C67H42N2/c1-2-14-52-50(12-1)51-13-3-4-17-55(51)63-41-49(37-39-56(52)63)68(47-33-28-43(29-34-47)42-24-26-45(27-25-42)66-59-19-7-5-15-53(59)54-16-6-8-20-60(54)66)48-35-30-44(31-36-48)46-32-38-58-62-22-11-21-61-57-18-9-10-23-64(57)69(67(61)62)65(58)40-46/h1-41,66H. The average Bonchev–Trinajstić information content (AvgIpc) is 4.07. The van der Waals surface area contributed by atoms with E-state index < -0.39 is 0 Å². The van der Waals surface area contributed by atoms with Crippen LogP contribution < -0.4 is 4.90 Å². The SMILES string of the molecule is c1ccc2c(c1)-c1ccccc1C2c1ccc(-c2ccc(N(c3ccc(-c4ccc5c6cccc7c8ccccc8n(c5c4)c76)cc3)c3ccc4c5ccccc5c5ccccc5c4c3)cc2)cc1. The third-order valence-electron chi connectivity index (χ3n) is 15.2. The fourth-order valence-electron chi connectivity index (χ4n) is 12.1. The van der Waals surface area contributed by atoms with Gasteiger partial charge in [-0.2, -0.15) is 0 Å². The lowest BCUT2D eigenvalue weighted by Gasteiger charge is -2.27. The monoisotopic (exact) mass is 874 g/mol. The molecule has 320 valence electrons. The summed E-state index contributed by atoms with van der Waals surface area (Å²) in [5, 5.41) is 12.8. The molecule has 0 saturated carbocycles. The van der Waals surface area contributed by atoms with E-state index in [9.17, 15) is 0 Å². The van der Waals surface area contributed by atoms with Gasteiger partial charge in [0.05, 0.1) is 16.6 Å². The Balaban J connectivity index is 0.833. The molecular weight excluding hydrogens is 833 g/mol. The van der Waals surface area contributed by atoms with Crippen molar-refractivity contribution < 1.29 is 0 Å². The minimum Gasteiger partial charge on any atom is -0.310 e. The van der Waals surface area contributed by atoms with Crippen LogP contribution in [-0.2, 0) is 0 Å². The minimum absolute atomic E-state index is 0.233. The normalized spacial score (nSPS) is 12.6. The van der Waals surface area contributed by atoms with E-state index in [4.69, 9.17) is 0 Å². The molecule has 15 rings (SSSR count). The average molecular weight is 875 g/mol. The first-order valence-electron chi connectivity index (χ1n) is 24.0. The van der Waals surface area contributed by atoms with Crippen LogP contribution in [0.1, 0.15) is 22.6 Å². The van der Waals surface area contributed by atoms with Gasteiger partial charge in [-0.05, 0) is 131 Å². The van der Waals surface area contributed by atoms with E-state index in [1.165, 1.54) is 120 Å². The molecule has 1 aliphatic rings. The topological polar surface area (TPSA) is 7.65 Å². The second-order valence-corrected chi connectivity index (χ2v) is 18.8. The largest absolute Gasteiger partial charge is 0.310 e. The Morgan fingerprint density at radius 3 is 1.30 bits per heavy atom. The maximum absolute atomic E-state index is 2.47. The van der Waals surface area contributed by atoms with Gasteiger partial charge >= 0.3 is 0 Å². The maximum Gasteiger partial charge on any atom is 0.0620 e. The highest BCUT2D eigenvalue weighted by Crippen LogP contribution is 2.49. The van der Waals surface area contributed by atoms with Crippen molar-refractivity contribution in [2.24, 2.45) is 0 Å². The first-order valence-corrected chi connectivity index (χ1v) is 24.0. The summed E-state index contributed by atoms with van der Waals surface area (Å²) in [5.41, 5.74) is 18.7. The predicted molar refractivity (Wildman–Crippen MR) is 292 cm³/mol. The molecule has 12 aromatic carbocycles. The molecule has 69 heavy (non-hydrogen) atoms. The summed E-state index contributed by atoms with van der Waals surface area (Å²) in [6.07, 6.45) is 0. The van der Waals surface area contributed by atoms with Gasteiger partial charge in [0.1, 0.15) is 0 Å². The summed E-state index contributed by atoms with van der Waals surface area (Å²) < 4.78 is 2.47. The molecule has 0 N–H and O–H groups in total. The van der Waals surface area contributed by atoms with Crippen molar-refractivity contribution in [2.45, 2.75) is 5.92 Å². The van der Waals surface area contributed by atoms with Gasteiger partial charge in [0.2, 0.25) is 0 Å². The fraction of sp³-hybridized carbons (Fsp3) is 0.0149. The number of para-hydroxylation sites is 2. The number of fused-ring (bicyclic) bond motifs is 15. The molecule has 0 spiro atoms. The van der Waals surface area contributed by atoms with Crippen LogP contribution in [-0.4, -0.2) is 4.40 Å². The molecule has 2 nitrogen and oxygen atoms in total. The maximum atomic E-state index is 2.47. The predicted octanol–water partition coefficient (Wildman–Crippen LogP) is 18.3. The van der Waals surface area contributed by atoms with E-state index in [1.807, 2.05) is 0 Å². The molecule has 1 aliphatic carbocycles. The number of hydrogen-bond acceptors (Lipinski definition) is 1. The van der Waals surface area contributed by atoms with Crippen molar-refractivity contribution in [1.29, 1.82) is 0 Å². The molecule has 0 saturated heterocycles. The van der Waals surface area contributed by atoms with E-state index in [1.54, 1.807) is 0 Å². The van der Waals surface area contributed by atoms with E-state index in [2.05, 4.69) is 258 Å². The smallest absolute Gasteiger partial charge is 0.0620 e. The minimum atomic E-state index is 0.233. The van der Waals surface area contributed by atoms with Crippen LogP contribution in [0, 0.1) is 0 Å². The van der Waals surface area contributed by atoms with E-state index in [-0.39, 0.29) is 5.92 Å². The van der Waals surface area contributed by atoms with E-state index >= 15 is 0 Å². The van der Waals surface area contributed by atoms with Crippen LogP contribution in [0.5, 0.6) is 0 Å². The highest BCUT2D eigenvalue weighted by atomic mass is 15.1. The van der Waals surface area contributed by atoms with Gasteiger partial charge in [0.15, 0.2) is 0 Å². The second-order valence-electron chi connectivity index (χ2n) is 18.8. The third kappa shape index (κ3) is 5.67. The zero-order valence-electron chi connectivity index (χ0n) is 37.6. The Morgan fingerprint density at radius 1 is 0.275 bits per heavy atom. The fourth-order valence-corrected chi connectivity index (χ4v) is 12.1. The Bertz CT molecular complexity index is 4270. The van der Waals surface area contributed by atoms with Gasteiger partial charge in [-0.3, -0.25) is 0 Å². The molecule has 2 heteroatoms. The Hall–Kier alpha value is -8.98. The van der Waals surface area contributed by atoms with Crippen molar-refractivity contribution in [3.8, 4) is 33.4 Å². The van der Waals surface area contributed by atoms with E-state index in [0.717, 1.165) is 17.1 Å². The van der Waals surface area contributed by atoms with Crippen molar-refractivity contribution in [3.05, 3.63) is 265 Å². The number of hydrogen-bond donors (Lipinski definition) is 0. The summed E-state index contributed by atoms with van der Waals surface area (Å²) in [6.45, 7) is 0. The van der Waals surface area contributed by atoms with E-state index in [0.29, 0.717) is 0 Å². The number of aromatic nitrogens is 1. The van der Waals surface area contributed by atoms with Gasteiger partial charge < -0.3 is 9.30 Å². The van der Waals surface area contributed by atoms with Crippen LogP contribution in [0.15, 0.2) is 249 Å². The lowest BCUT2D eigenvalue weighted by Crippen LogP contribution is -2.10. The molecule has 2 aromatic heterocycles. The van der Waals surface area contributed by atoms with Crippen LogP contribution in [0.2, 0.25) is 0 Å². The van der Waals surface area contributed by atoms with Gasteiger partial charge in [0, 0.05) is 44.5 Å². The molecular formula is C67H42N2. The molecule has 0 fully saturated rings. The first-order chi connectivity index (χ1) is 34.2. The lowest BCUT2D eigenvalue weighted by molar-refractivity contribution is 1.02. The summed E-state index contributed by atoms with van der Waals surface area (Å²) in [6, 6.07) is 92.4. The van der Waals surface area contributed by atoms with Crippen molar-refractivity contribution >= 4 is 87.5 Å². The van der Waals surface area contributed by atoms with Crippen LogP contribution in [0.3, 0.4) is 0 Å². The Labute approximate surface area is 399 Å². The summed E-state index contributed by atoms with van der Waals surface area (Å²) in [4.78, 5) is 2.41. The zero-order chi connectivity index (χ0) is 45.2. The second kappa shape index (κ2) is 14.8. The van der Waals surface area contributed by atoms with Gasteiger partial charge in [-0.15, -0.1) is 0 Å². The molecule has 0 atom stereocenters. The molecule has 14 aromatic rings. The molecule has 0 aliphatic heterocycles. The lowest BCUT2D eigenvalue weighted by atomic mass is 9.88. The highest BCUT2D eigenvalue weighted by molar-refractivity contribution is 6.26. The van der Waals surface area contributed by atoms with Crippen molar-refractivity contribution in [1.82, 2.24) is 4.40 Å². The number of benzene rings is 12. The molecule has 0 radical (unpaired) electrons. The van der Waals surface area contributed by atoms with Crippen molar-refractivity contribution in [2.75, 3.05) is 4.90 Å². The number of rotatable bonds is 6.